The summed E-state index contributed by atoms with van der Waals surface area (Å²) in [5.41, 5.74) is 8.71. The molecule has 1 aromatic carbocycles. The van der Waals surface area contributed by atoms with Gasteiger partial charge in [0.05, 0.1) is 11.9 Å². The Labute approximate surface area is 206 Å². The second kappa shape index (κ2) is 10.5. The van der Waals surface area contributed by atoms with Crippen LogP contribution >= 0.6 is 0 Å². The number of nitrogen functional groups attached to an aromatic ring is 1. The van der Waals surface area contributed by atoms with Gasteiger partial charge in [0.25, 0.3) is 0 Å². The number of rotatable bonds is 6. The van der Waals surface area contributed by atoms with E-state index in [0.717, 1.165) is 62.4 Å². The van der Waals surface area contributed by atoms with Gasteiger partial charge in [-0.2, -0.15) is 0 Å². The molecule has 0 aliphatic carbocycles. The highest BCUT2D eigenvalue weighted by atomic mass is 16.2. The van der Waals surface area contributed by atoms with Gasteiger partial charge in [-0.05, 0) is 61.6 Å². The first-order chi connectivity index (χ1) is 17.0. The number of amides is 2. The van der Waals surface area contributed by atoms with Crippen LogP contribution in [0.15, 0.2) is 42.6 Å². The van der Waals surface area contributed by atoms with Gasteiger partial charge in [-0.1, -0.05) is 0 Å². The fourth-order valence-corrected chi connectivity index (χ4v) is 5.27. The van der Waals surface area contributed by atoms with Gasteiger partial charge in [0.1, 0.15) is 11.9 Å². The summed E-state index contributed by atoms with van der Waals surface area (Å²) in [4.78, 5) is 35.3. The molecule has 35 heavy (non-hydrogen) atoms. The minimum Gasteiger partial charge on any atom is -0.399 e. The van der Waals surface area contributed by atoms with Crippen molar-refractivity contribution in [3.8, 4) is 0 Å². The Morgan fingerprint density at radius 2 is 1.66 bits per heavy atom. The summed E-state index contributed by atoms with van der Waals surface area (Å²) >= 11 is 0. The highest BCUT2D eigenvalue weighted by Gasteiger charge is 2.27. The number of hydrogen-bond acceptors (Lipinski definition) is 8. The van der Waals surface area contributed by atoms with Gasteiger partial charge in [0, 0.05) is 63.6 Å². The summed E-state index contributed by atoms with van der Waals surface area (Å²) < 4.78 is 0. The Bertz CT molecular complexity index is 1010. The number of piperidine rings is 2. The quantitative estimate of drug-likeness (QED) is 0.428. The van der Waals surface area contributed by atoms with Crippen molar-refractivity contribution in [3.63, 3.8) is 0 Å². The molecule has 1 aromatic heterocycles. The molecule has 3 saturated heterocycles. The Morgan fingerprint density at radius 1 is 0.914 bits per heavy atom. The number of imide groups is 1. The maximum atomic E-state index is 12.0. The maximum absolute atomic E-state index is 12.0. The van der Waals surface area contributed by atoms with Crippen LogP contribution in [0.4, 0.5) is 22.9 Å². The zero-order valence-corrected chi connectivity index (χ0v) is 20.2. The van der Waals surface area contributed by atoms with Crippen LogP contribution in [-0.2, 0) is 9.59 Å². The summed E-state index contributed by atoms with van der Waals surface area (Å²) in [5.74, 6) is 1.25. The first-order valence-corrected chi connectivity index (χ1v) is 12.7. The molecule has 5 rings (SSSR count). The molecule has 2 amide bonds. The number of pyridine rings is 1. The standard InChI is InChI=1S/C26H35N7O2/c27-20-1-4-22(5-2-20)32-11-9-19(10-12-32)18-31-13-15-33(16-14-31)24-7-3-21(17-28-24)29-23-6-8-25(34)30-26(23)35/h1-5,7,17,19,23,29H,6,8-16,18,27H2,(H,30,34,35). The van der Waals surface area contributed by atoms with E-state index < -0.39 is 0 Å². The van der Waals surface area contributed by atoms with Gasteiger partial charge in [0.15, 0.2) is 0 Å². The first kappa shape index (κ1) is 23.4. The fraction of sp³-hybridized carbons (Fsp3) is 0.500. The zero-order chi connectivity index (χ0) is 24.2. The predicted molar refractivity (Wildman–Crippen MR) is 138 cm³/mol. The second-order valence-corrected chi connectivity index (χ2v) is 9.86. The summed E-state index contributed by atoms with van der Waals surface area (Å²) in [6.45, 7) is 7.43. The van der Waals surface area contributed by atoms with Crippen LogP contribution in [0, 0.1) is 5.92 Å². The minimum absolute atomic E-state index is 0.204. The van der Waals surface area contributed by atoms with E-state index in [9.17, 15) is 9.59 Å². The number of nitrogens with two attached hydrogens (primary N) is 1. The van der Waals surface area contributed by atoms with Gasteiger partial charge < -0.3 is 20.9 Å². The van der Waals surface area contributed by atoms with Gasteiger partial charge in [-0.15, -0.1) is 0 Å². The molecule has 4 N–H and O–H groups in total. The molecule has 2 aromatic rings. The monoisotopic (exact) mass is 477 g/mol. The lowest BCUT2D eigenvalue weighted by Crippen LogP contribution is -2.49. The lowest BCUT2D eigenvalue weighted by atomic mass is 9.95. The van der Waals surface area contributed by atoms with Crippen molar-refractivity contribution in [2.45, 2.75) is 31.7 Å². The molecule has 4 heterocycles. The molecule has 186 valence electrons. The van der Waals surface area contributed by atoms with Crippen molar-refractivity contribution >= 4 is 34.7 Å². The summed E-state index contributed by atoms with van der Waals surface area (Å²) in [5, 5.41) is 5.56. The van der Waals surface area contributed by atoms with Gasteiger partial charge >= 0.3 is 0 Å². The van der Waals surface area contributed by atoms with Crippen LogP contribution in [0.25, 0.3) is 0 Å². The predicted octanol–water partition coefficient (Wildman–Crippen LogP) is 1.92. The topological polar surface area (TPSA) is 107 Å². The third kappa shape index (κ3) is 5.85. The lowest BCUT2D eigenvalue weighted by molar-refractivity contribution is -0.133. The summed E-state index contributed by atoms with van der Waals surface area (Å²) in [6, 6.07) is 11.8. The molecule has 0 radical (unpaired) electrons. The van der Waals surface area contributed by atoms with E-state index in [0.29, 0.717) is 12.8 Å². The highest BCUT2D eigenvalue weighted by Crippen LogP contribution is 2.25. The third-order valence-electron chi connectivity index (χ3n) is 7.41. The van der Waals surface area contributed by atoms with Crippen molar-refractivity contribution < 1.29 is 9.59 Å². The number of carbonyl (C=O) groups excluding carboxylic acids is 2. The molecule has 3 aliphatic rings. The smallest absolute Gasteiger partial charge is 0.249 e. The number of hydrogen-bond donors (Lipinski definition) is 3. The van der Waals surface area contributed by atoms with Crippen LogP contribution in [0.3, 0.4) is 0 Å². The SMILES string of the molecule is Nc1ccc(N2CCC(CN3CCN(c4ccc(NC5CCC(=O)NC5=O)cn4)CC3)CC2)cc1. The summed E-state index contributed by atoms with van der Waals surface area (Å²) in [6.07, 6.45) is 5.11. The Morgan fingerprint density at radius 3 is 2.31 bits per heavy atom. The Hall–Kier alpha value is -3.33. The van der Waals surface area contributed by atoms with Crippen molar-refractivity contribution in [1.29, 1.82) is 0 Å². The van der Waals surface area contributed by atoms with Crippen LogP contribution < -0.4 is 26.2 Å². The fourth-order valence-electron chi connectivity index (χ4n) is 5.27. The third-order valence-corrected chi connectivity index (χ3v) is 7.41. The van der Waals surface area contributed by atoms with Crippen LogP contribution in [-0.4, -0.2) is 73.6 Å². The van der Waals surface area contributed by atoms with Gasteiger partial charge in [-0.3, -0.25) is 19.8 Å². The average molecular weight is 478 g/mol. The van der Waals surface area contributed by atoms with E-state index in [1.54, 1.807) is 6.20 Å². The molecule has 9 heteroatoms. The van der Waals surface area contributed by atoms with Crippen molar-refractivity contribution in [2.24, 2.45) is 5.92 Å². The first-order valence-electron chi connectivity index (χ1n) is 12.7. The second-order valence-electron chi connectivity index (χ2n) is 9.86. The zero-order valence-electron chi connectivity index (χ0n) is 20.2. The van der Waals surface area contributed by atoms with E-state index in [4.69, 9.17) is 5.73 Å². The van der Waals surface area contributed by atoms with E-state index in [-0.39, 0.29) is 17.9 Å². The Balaban J connectivity index is 1.05. The largest absolute Gasteiger partial charge is 0.399 e. The molecule has 1 unspecified atom stereocenters. The van der Waals surface area contributed by atoms with E-state index in [2.05, 4.69) is 42.5 Å². The molecule has 1 atom stereocenters. The van der Waals surface area contributed by atoms with Gasteiger partial charge in [-0.25, -0.2) is 4.98 Å². The van der Waals surface area contributed by atoms with Crippen LogP contribution in [0.1, 0.15) is 25.7 Å². The minimum atomic E-state index is -0.387. The average Bonchev–Trinajstić information content (AvgIpc) is 2.88. The normalized spacial score (nSPS) is 22.2. The van der Waals surface area contributed by atoms with E-state index >= 15 is 0 Å². The number of benzene rings is 1. The van der Waals surface area contributed by atoms with Crippen molar-refractivity contribution in [1.82, 2.24) is 15.2 Å². The van der Waals surface area contributed by atoms with E-state index in [1.165, 1.54) is 25.1 Å². The maximum Gasteiger partial charge on any atom is 0.249 e. The molecular formula is C26H35N7O2. The molecule has 3 aliphatic heterocycles. The van der Waals surface area contributed by atoms with Crippen molar-refractivity contribution in [3.05, 3.63) is 42.6 Å². The van der Waals surface area contributed by atoms with E-state index in [1.807, 2.05) is 24.3 Å². The number of nitrogens with zero attached hydrogens (tertiary/aromatic N) is 4. The lowest BCUT2D eigenvalue weighted by Gasteiger charge is -2.39. The summed E-state index contributed by atoms with van der Waals surface area (Å²) in [7, 11) is 0. The van der Waals surface area contributed by atoms with Crippen molar-refractivity contribution in [2.75, 3.05) is 66.7 Å². The number of piperazine rings is 1. The van der Waals surface area contributed by atoms with Crippen LogP contribution in [0.5, 0.6) is 0 Å². The van der Waals surface area contributed by atoms with Gasteiger partial charge in [0.2, 0.25) is 11.8 Å². The van der Waals surface area contributed by atoms with Crippen LogP contribution in [0.2, 0.25) is 0 Å². The number of anilines is 4. The molecule has 0 saturated carbocycles. The molecule has 3 fully saturated rings. The molecule has 0 spiro atoms. The Kier molecular flexibility index (Phi) is 7.03. The number of carbonyl (C=O) groups is 2. The molecule has 9 nitrogen and oxygen atoms in total. The number of nitrogens with one attached hydrogen (secondary N) is 2. The molecular weight excluding hydrogens is 442 g/mol. The molecule has 0 bridgehead atoms. The number of aromatic nitrogens is 1. The highest BCUT2D eigenvalue weighted by molar-refractivity contribution is 6.01.